The van der Waals surface area contributed by atoms with Crippen molar-refractivity contribution in [1.29, 1.82) is 0 Å². The van der Waals surface area contributed by atoms with Gasteiger partial charge in [0.25, 0.3) is 5.91 Å². The van der Waals surface area contributed by atoms with E-state index in [-0.39, 0.29) is 17.5 Å². The fourth-order valence-corrected chi connectivity index (χ4v) is 2.46. The molecule has 0 aliphatic heterocycles. The fourth-order valence-electron chi connectivity index (χ4n) is 2.46. The number of phenolic OH excluding ortho intramolecular Hbond substituents is 1. The van der Waals surface area contributed by atoms with Gasteiger partial charge in [-0.15, -0.1) is 0 Å². The van der Waals surface area contributed by atoms with E-state index in [1.807, 2.05) is 0 Å². The van der Waals surface area contributed by atoms with Gasteiger partial charge in [-0.2, -0.15) is 10.2 Å². The monoisotopic (exact) mass is 337 g/mol. The summed E-state index contributed by atoms with van der Waals surface area (Å²) in [5, 5.41) is 23.7. The summed E-state index contributed by atoms with van der Waals surface area (Å²) in [7, 11) is 0. The number of hydrogen-bond donors (Lipinski definition) is 3. The number of hydrogen-bond acceptors (Lipinski definition) is 4. The summed E-state index contributed by atoms with van der Waals surface area (Å²) in [6.07, 6.45) is 2.96. The predicted molar refractivity (Wildman–Crippen MR) is 89.2 cm³/mol. The van der Waals surface area contributed by atoms with E-state index in [4.69, 9.17) is 0 Å². The third-order valence-corrected chi connectivity index (χ3v) is 3.71. The van der Waals surface area contributed by atoms with E-state index >= 15 is 0 Å². The second kappa shape index (κ2) is 5.75. The lowest BCUT2D eigenvalue weighted by Gasteiger charge is -2.01. The summed E-state index contributed by atoms with van der Waals surface area (Å²) in [6.45, 7) is 0. The molecule has 4 aromatic rings. The Kier molecular flexibility index (Phi) is 3.42. The molecular formula is C17H12FN5O2. The highest BCUT2D eigenvalue weighted by atomic mass is 19.1. The van der Waals surface area contributed by atoms with Crippen molar-refractivity contribution in [1.82, 2.24) is 20.0 Å². The van der Waals surface area contributed by atoms with Crippen LogP contribution in [0.5, 0.6) is 5.75 Å². The van der Waals surface area contributed by atoms with Gasteiger partial charge in [-0.25, -0.2) is 9.07 Å². The molecule has 0 bridgehead atoms. The first-order valence-electron chi connectivity index (χ1n) is 7.39. The highest BCUT2D eigenvalue weighted by molar-refractivity contribution is 6.07. The van der Waals surface area contributed by atoms with E-state index in [0.717, 1.165) is 0 Å². The minimum Gasteiger partial charge on any atom is -0.508 e. The summed E-state index contributed by atoms with van der Waals surface area (Å²) in [5.41, 5.74) is 1.58. The average molecular weight is 337 g/mol. The number of amides is 1. The van der Waals surface area contributed by atoms with Crippen molar-refractivity contribution in [3.63, 3.8) is 0 Å². The van der Waals surface area contributed by atoms with Crippen molar-refractivity contribution in [3.8, 4) is 11.4 Å². The molecule has 4 rings (SSSR count). The molecule has 0 spiro atoms. The highest BCUT2D eigenvalue weighted by Gasteiger charge is 2.13. The number of aromatic nitrogens is 4. The molecule has 0 radical (unpaired) electrons. The molecule has 0 aliphatic carbocycles. The minimum atomic E-state index is -0.380. The number of nitrogens with one attached hydrogen (secondary N) is 2. The van der Waals surface area contributed by atoms with Crippen molar-refractivity contribution in [3.05, 3.63) is 66.2 Å². The van der Waals surface area contributed by atoms with Gasteiger partial charge < -0.3 is 10.4 Å². The Balaban J connectivity index is 1.58. The number of phenols is 1. The van der Waals surface area contributed by atoms with Crippen LogP contribution < -0.4 is 5.32 Å². The van der Waals surface area contributed by atoms with Gasteiger partial charge in [0, 0.05) is 17.6 Å². The number of carbonyl (C=O) groups excluding carboxylic acids is 1. The Hall–Kier alpha value is -3.68. The number of aromatic amines is 1. The Labute approximate surface area is 140 Å². The molecule has 0 atom stereocenters. The number of fused-ring (bicyclic) bond motifs is 1. The minimum absolute atomic E-state index is 0.106. The van der Waals surface area contributed by atoms with Gasteiger partial charge >= 0.3 is 0 Å². The van der Waals surface area contributed by atoms with Crippen LogP contribution in [-0.4, -0.2) is 31.0 Å². The van der Waals surface area contributed by atoms with Gasteiger partial charge in [0.2, 0.25) is 0 Å². The third kappa shape index (κ3) is 2.80. The lowest BCUT2D eigenvalue weighted by Crippen LogP contribution is -2.11. The van der Waals surface area contributed by atoms with E-state index in [2.05, 4.69) is 20.6 Å². The van der Waals surface area contributed by atoms with Crippen LogP contribution in [-0.2, 0) is 0 Å². The summed E-state index contributed by atoms with van der Waals surface area (Å²) in [5.74, 6) is -0.260. The van der Waals surface area contributed by atoms with Crippen LogP contribution in [0, 0.1) is 5.82 Å². The number of H-pyrrole nitrogens is 1. The predicted octanol–water partition coefficient (Wildman–Crippen LogP) is 2.85. The molecule has 124 valence electrons. The first-order chi connectivity index (χ1) is 12.1. The Bertz CT molecular complexity index is 1070. The maximum absolute atomic E-state index is 13.0. The van der Waals surface area contributed by atoms with Crippen LogP contribution in [0.15, 0.2) is 54.9 Å². The average Bonchev–Trinajstić information content (AvgIpc) is 3.23. The molecule has 1 amide bonds. The third-order valence-electron chi connectivity index (χ3n) is 3.71. The smallest absolute Gasteiger partial charge is 0.260 e. The number of nitrogens with zero attached hydrogens (tertiary/aromatic N) is 3. The van der Waals surface area contributed by atoms with E-state index in [0.29, 0.717) is 28.0 Å². The first-order valence-corrected chi connectivity index (χ1v) is 7.39. The lowest BCUT2D eigenvalue weighted by molar-refractivity contribution is 0.102. The Morgan fingerprint density at radius 3 is 2.80 bits per heavy atom. The Morgan fingerprint density at radius 1 is 1.20 bits per heavy atom. The van der Waals surface area contributed by atoms with Crippen molar-refractivity contribution in [2.75, 3.05) is 5.32 Å². The quantitative estimate of drug-likeness (QED) is 0.536. The number of rotatable bonds is 3. The normalized spacial score (nSPS) is 10.9. The zero-order valence-electron chi connectivity index (χ0n) is 12.8. The second-order valence-electron chi connectivity index (χ2n) is 5.41. The van der Waals surface area contributed by atoms with Crippen LogP contribution in [0.3, 0.4) is 0 Å². The number of aromatic hydroxyl groups is 1. The van der Waals surface area contributed by atoms with Crippen molar-refractivity contribution >= 4 is 22.6 Å². The van der Waals surface area contributed by atoms with E-state index in [1.54, 1.807) is 24.4 Å². The molecule has 2 aromatic carbocycles. The molecule has 2 heterocycles. The van der Waals surface area contributed by atoms with Crippen LogP contribution in [0.1, 0.15) is 10.4 Å². The molecule has 0 aliphatic rings. The van der Waals surface area contributed by atoms with Gasteiger partial charge in [-0.3, -0.25) is 9.89 Å². The van der Waals surface area contributed by atoms with E-state index in [1.165, 1.54) is 35.1 Å². The number of anilines is 1. The van der Waals surface area contributed by atoms with Gasteiger partial charge in [0.15, 0.2) is 5.82 Å². The van der Waals surface area contributed by atoms with Crippen LogP contribution in [0.25, 0.3) is 16.6 Å². The number of carbonyl (C=O) groups is 1. The van der Waals surface area contributed by atoms with Crippen molar-refractivity contribution in [2.45, 2.75) is 0 Å². The molecule has 25 heavy (non-hydrogen) atoms. The highest BCUT2D eigenvalue weighted by Crippen LogP contribution is 2.24. The SMILES string of the molecule is O=C(Nc1n[nH]c2cc(O)ccc12)c1cnn(-c2ccc(F)cc2)c1. The molecule has 3 N–H and O–H groups in total. The van der Waals surface area contributed by atoms with Gasteiger partial charge in [0.1, 0.15) is 11.6 Å². The number of halogens is 1. The van der Waals surface area contributed by atoms with Crippen LogP contribution in [0.2, 0.25) is 0 Å². The zero-order chi connectivity index (χ0) is 17.4. The van der Waals surface area contributed by atoms with Crippen molar-refractivity contribution < 1.29 is 14.3 Å². The number of benzene rings is 2. The van der Waals surface area contributed by atoms with Gasteiger partial charge in [-0.05, 0) is 36.4 Å². The molecule has 0 saturated heterocycles. The largest absolute Gasteiger partial charge is 0.508 e. The lowest BCUT2D eigenvalue weighted by atomic mass is 10.2. The van der Waals surface area contributed by atoms with Gasteiger partial charge in [0.05, 0.1) is 23.0 Å². The molecular weight excluding hydrogens is 325 g/mol. The summed E-state index contributed by atoms with van der Waals surface area (Å²) in [6, 6.07) is 10.5. The van der Waals surface area contributed by atoms with Crippen LogP contribution >= 0.6 is 0 Å². The summed E-state index contributed by atoms with van der Waals surface area (Å²) in [4.78, 5) is 12.4. The molecule has 8 heteroatoms. The summed E-state index contributed by atoms with van der Waals surface area (Å²) >= 11 is 0. The molecule has 7 nitrogen and oxygen atoms in total. The van der Waals surface area contributed by atoms with Crippen LogP contribution in [0.4, 0.5) is 10.2 Å². The Morgan fingerprint density at radius 2 is 2.00 bits per heavy atom. The molecule has 0 saturated carbocycles. The topological polar surface area (TPSA) is 95.8 Å². The van der Waals surface area contributed by atoms with E-state index in [9.17, 15) is 14.3 Å². The summed E-state index contributed by atoms with van der Waals surface area (Å²) < 4.78 is 14.5. The first kappa shape index (κ1) is 14.9. The fraction of sp³-hybridized carbons (Fsp3) is 0. The molecule has 0 fully saturated rings. The molecule has 2 aromatic heterocycles. The van der Waals surface area contributed by atoms with Gasteiger partial charge in [-0.1, -0.05) is 0 Å². The van der Waals surface area contributed by atoms with Crippen molar-refractivity contribution in [2.24, 2.45) is 0 Å². The van der Waals surface area contributed by atoms with E-state index < -0.39 is 0 Å². The maximum atomic E-state index is 13.0. The standard InChI is InChI=1S/C17H12FN5O2/c18-11-1-3-12(4-2-11)23-9-10(8-19-23)17(25)20-16-14-6-5-13(24)7-15(14)21-22-16/h1-9,24H,(H2,20,21,22,25). The molecule has 0 unspecified atom stereocenters. The second-order valence-corrected chi connectivity index (χ2v) is 5.41. The maximum Gasteiger partial charge on any atom is 0.260 e. The zero-order valence-corrected chi connectivity index (χ0v) is 12.8.